The zero-order valence-corrected chi connectivity index (χ0v) is 16.5. The number of likely N-dealkylation sites (N-methyl/N-ethyl adjacent to an activating group) is 1. The van der Waals surface area contributed by atoms with Crippen LogP contribution < -0.4 is 15.4 Å². The molecule has 0 atom stereocenters. The number of aryl methyl sites for hydroxylation is 1. The van der Waals surface area contributed by atoms with Crippen LogP contribution in [-0.2, 0) is 16.0 Å². The fourth-order valence-electron chi connectivity index (χ4n) is 2.58. The molecular weight excluding hydrogens is 366 g/mol. The van der Waals surface area contributed by atoms with Crippen LogP contribution in [0.4, 0.5) is 11.4 Å². The summed E-state index contributed by atoms with van der Waals surface area (Å²) >= 11 is 5.96. The van der Waals surface area contributed by atoms with E-state index < -0.39 is 0 Å². The number of methoxy groups -OCH3 is 1. The average Bonchev–Trinajstić information content (AvgIpc) is 2.61. The van der Waals surface area contributed by atoms with E-state index in [1.165, 1.54) is 7.11 Å². The monoisotopic (exact) mass is 389 g/mol. The Morgan fingerprint density at radius 1 is 1.07 bits per heavy atom. The molecule has 0 heterocycles. The van der Waals surface area contributed by atoms with Crippen LogP contribution in [-0.4, -0.2) is 44.0 Å². The van der Waals surface area contributed by atoms with Crippen molar-refractivity contribution < 1.29 is 14.3 Å². The number of hydrogen-bond acceptors (Lipinski definition) is 4. The van der Waals surface area contributed by atoms with Gasteiger partial charge in [-0.05, 0) is 49.4 Å². The fourth-order valence-corrected chi connectivity index (χ4v) is 2.76. The topological polar surface area (TPSA) is 70.7 Å². The molecule has 0 unspecified atom stereocenters. The van der Waals surface area contributed by atoms with Crippen LogP contribution in [0.5, 0.6) is 5.75 Å². The molecule has 2 aromatic carbocycles. The lowest BCUT2D eigenvalue weighted by Crippen LogP contribution is -2.36. The number of halogens is 1. The van der Waals surface area contributed by atoms with Crippen molar-refractivity contribution in [1.82, 2.24) is 4.90 Å². The fraction of sp³-hybridized carbons (Fsp3) is 0.300. The van der Waals surface area contributed by atoms with Gasteiger partial charge in [-0.2, -0.15) is 0 Å². The highest BCUT2D eigenvalue weighted by Gasteiger charge is 2.13. The standard InChI is InChI=1S/C20H24ClN3O3/c1-4-14-6-5-7-16(10-14)22-19(25)12-24(2)13-20(26)23-17-11-15(21)8-9-18(17)27-3/h5-11H,4,12-13H2,1-3H3,(H,22,25)(H,23,26). The van der Waals surface area contributed by atoms with E-state index in [-0.39, 0.29) is 24.9 Å². The third kappa shape index (κ3) is 6.58. The molecule has 27 heavy (non-hydrogen) atoms. The van der Waals surface area contributed by atoms with Gasteiger partial charge in [-0.15, -0.1) is 0 Å². The van der Waals surface area contributed by atoms with Crippen molar-refractivity contribution in [2.75, 3.05) is 37.9 Å². The predicted molar refractivity (Wildman–Crippen MR) is 109 cm³/mol. The van der Waals surface area contributed by atoms with E-state index >= 15 is 0 Å². The summed E-state index contributed by atoms with van der Waals surface area (Å²) in [4.78, 5) is 26.1. The molecule has 0 bridgehead atoms. The second-order valence-electron chi connectivity index (χ2n) is 6.17. The minimum Gasteiger partial charge on any atom is -0.495 e. The van der Waals surface area contributed by atoms with E-state index in [1.54, 1.807) is 30.1 Å². The molecule has 0 aliphatic rings. The number of anilines is 2. The minimum absolute atomic E-state index is 0.0537. The summed E-state index contributed by atoms with van der Waals surface area (Å²) in [5.41, 5.74) is 2.39. The zero-order chi connectivity index (χ0) is 19.8. The van der Waals surface area contributed by atoms with Gasteiger partial charge in [0.1, 0.15) is 5.75 Å². The van der Waals surface area contributed by atoms with Crippen molar-refractivity contribution in [3.8, 4) is 5.75 Å². The molecule has 2 rings (SSSR count). The molecule has 144 valence electrons. The molecule has 0 aliphatic carbocycles. The second-order valence-corrected chi connectivity index (χ2v) is 6.60. The van der Waals surface area contributed by atoms with Crippen molar-refractivity contribution in [2.24, 2.45) is 0 Å². The minimum atomic E-state index is -0.265. The maximum Gasteiger partial charge on any atom is 0.238 e. The first-order chi connectivity index (χ1) is 12.9. The van der Waals surface area contributed by atoms with Crippen molar-refractivity contribution in [2.45, 2.75) is 13.3 Å². The maximum atomic E-state index is 12.2. The van der Waals surface area contributed by atoms with Gasteiger partial charge >= 0.3 is 0 Å². The third-order valence-electron chi connectivity index (χ3n) is 3.88. The molecule has 2 amide bonds. The lowest BCUT2D eigenvalue weighted by molar-refractivity contribution is -0.119. The van der Waals surface area contributed by atoms with Crippen LogP contribution in [0.15, 0.2) is 42.5 Å². The van der Waals surface area contributed by atoms with E-state index in [1.807, 2.05) is 24.3 Å². The van der Waals surface area contributed by atoms with Crippen molar-refractivity contribution in [3.63, 3.8) is 0 Å². The number of rotatable bonds is 8. The Kier molecular flexibility index (Phi) is 7.64. The van der Waals surface area contributed by atoms with Crippen molar-refractivity contribution >= 4 is 34.8 Å². The van der Waals surface area contributed by atoms with Gasteiger partial charge in [0, 0.05) is 10.7 Å². The lowest BCUT2D eigenvalue weighted by Gasteiger charge is -2.17. The van der Waals surface area contributed by atoms with Gasteiger partial charge in [0.25, 0.3) is 0 Å². The number of ether oxygens (including phenoxy) is 1. The molecule has 0 fully saturated rings. The van der Waals surface area contributed by atoms with Crippen LogP contribution in [0.25, 0.3) is 0 Å². The van der Waals surface area contributed by atoms with Crippen LogP contribution in [0.3, 0.4) is 0 Å². The molecule has 0 saturated carbocycles. The number of benzene rings is 2. The van der Waals surface area contributed by atoms with E-state index in [0.717, 1.165) is 17.7 Å². The van der Waals surface area contributed by atoms with Gasteiger partial charge in [-0.25, -0.2) is 0 Å². The van der Waals surface area contributed by atoms with Crippen LogP contribution in [0.2, 0.25) is 5.02 Å². The zero-order valence-electron chi connectivity index (χ0n) is 15.7. The summed E-state index contributed by atoms with van der Waals surface area (Å²) in [6, 6.07) is 12.7. The summed E-state index contributed by atoms with van der Waals surface area (Å²) in [7, 11) is 3.22. The predicted octanol–water partition coefficient (Wildman–Crippen LogP) is 3.42. The lowest BCUT2D eigenvalue weighted by atomic mass is 10.1. The number of hydrogen-bond donors (Lipinski definition) is 2. The van der Waals surface area contributed by atoms with Gasteiger partial charge in [-0.1, -0.05) is 30.7 Å². The molecule has 6 nitrogen and oxygen atoms in total. The van der Waals surface area contributed by atoms with E-state index in [4.69, 9.17) is 16.3 Å². The molecule has 0 spiro atoms. The normalized spacial score (nSPS) is 10.6. The van der Waals surface area contributed by atoms with Crippen molar-refractivity contribution in [1.29, 1.82) is 0 Å². The number of carbonyl (C=O) groups is 2. The number of carbonyl (C=O) groups excluding carboxylic acids is 2. The molecule has 0 radical (unpaired) electrons. The quantitative estimate of drug-likeness (QED) is 0.725. The number of nitrogens with zero attached hydrogens (tertiary/aromatic N) is 1. The SMILES string of the molecule is CCc1cccc(NC(=O)CN(C)CC(=O)Nc2cc(Cl)ccc2OC)c1. The van der Waals surface area contributed by atoms with Gasteiger partial charge in [0.15, 0.2) is 0 Å². The highest BCUT2D eigenvalue weighted by molar-refractivity contribution is 6.31. The summed E-state index contributed by atoms with van der Waals surface area (Å²) in [5, 5.41) is 6.09. The molecular formula is C20H24ClN3O3. The average molecular weight is 390 g/mol. The Labute approximate surface area is 164 Å². The Balaban J connectivity index is 1.87. The van der Waals surface area contributed by atoms with Gasteiger partial charge in [0.2, 0.25) is 11.8 Å². The highest BCUT2D eigenvalue weighted by Crippen LogP contribution is 2.27. The second kappa shape index (κ2) is 9.94. The smallest absolute Gasteiger partial charge is 0.238 e. The highest BCUT2D eigenvalue weighted by atomic mass is 35.5. The maximum absolute atomic E-state index is 12.2. The van der Waals surface area contributed by atoms with Gasteiger partial charge in [-0.3, -0.25) is 14.5 Å². The van der Waals surface area contributed by atoms with E-state index in [9.17, 15) is 9.59 Å². The molecule has 0 saturated heterocycles. The molecule has 0 aromatic heterocycles. The molecule has 7 heteroatoms. The summed E-state index contributed by atoms with van der Waals surface area (Å²) in [6.45, 7) is 2.21. The van der Waals surface area contributed by atoms with Crippen LogP contribution in [0, 0.1) is 0 Å². The number of amides is 2. The van der Waals surface area contributed by atoms with Crippen LogP contribution >= 0.6 is 11.6 Å². The van der Waals surface area contributed by atoms with Gasteiger partial charge < -0.3 is 15.4 Å². The summed E-state index contributed by atoms with van der Waals surface area (Å²) in [5.74, 6) is 0.0710. The molecule has 0 aliphatic heterocycles. The Bertz CT molecular complexity index is 811. The van der Waals surface area contributed by atoms with Gasteiger partial charge in [0.05, 0.1) is 25.9 Å². The number of nitrogens with one attached hydrogen (secondary N) is 2. The van der Waals surface area contributed by atoms with E-state index in [0.29, 0.717) is 16.5 Å². The van der Waals surface area contributed by atoms with Crippen molar-refractivity contribution in [3.05, 3.63) is 53.1 Å². The largest absolute Gasteiger partial charge is 0.495 e. The molecule has 2 aromatic rings. The Hall–Kier alpha value is -2.57. The first kappa shape index (κ1) is 20.7. The first-order valence-corrected chi connectivity index (χ1v) is 8.99. The molecule has 2 N–H and O–H groups in total. The Morgan fingerprint density at radius 3 is 2.44 bits per heavy atom. The Morgan fingerprint density at radius 2 is 1.78 bits per heavy atom. The summed E-state index contributed by atoms with van der Waals surface area (Å²) in [6.07, 6.45) is 0.900. The third-order valence-corrected chi connectivity index (χ3v) is 4.12. The van der Waals surface area contributed by atoms with Crippen LogP contribution in [0.1, 0.15) is 12.5 Å². The first-order valence-electron chi connectivity index (χ1n) is 8.62. The van der Waals surface area contributed by atoms with E-state index in [2.05, 4.69) is 17.6 Å². The summed E-state index contributed by atoms with van der Waals surface area (Å²) < 4.78 is 5.20.